The Labute approximate surface area is 88.0 Å². The Morgan fingerprint density at radius 1 is 1.14 bits per heavy atom. The second-order valence-corrected chi connectivity index (χ2v) is 6.65. The zero-order valence-corrected chi connectivity index (χ0v) is 10.5. The lowest BCUT2D eigenvalue weighted by molar-refractivity contribution is 0.509. The molecule has 0 amide bonds. The van der Waals surface area contributed by atoms with Gasteiger partial charge in [-0.3, -0.25) is 0 Å². The summed E-state index contributed by atoms with van der Waals surface area (Å²) in [5, 5.41) is 0. The van der Waals surface area contributed by atoms with E-state index >= 15 is 0 Å². The molecule has 0 fully saturated rings. The summed E-state index contributed by atoms with van der Waals surface area (Å²) < 4.78 is 23.3. The van der Waals surface area contributed by atoms with Crippen LogP contribution in [0.4, 0.5) is 0 Å². The highest BCUT2D eigenvalue weighted by Crippen LogP contribution is 2.09. The molecule has 0 aromatic carbocycles. The van der Waals surface area contributed by atoms with Gasteiger partial charge in [0.2, 0.25) is 0 Å². The van der Waals surface area contributed by atoms with Crippen LogP contribution in [0.2, 0.25) is 0 Å². The fourth-order valence-electron chi connectivity index (χ4n) is 1.11. The van der Waals surface area contributed by atoms with Gasteiger partial charge in [0.25, 0.3) is 0 Å². The fourth-order valence-corrected chi connectivity index (χ4v) is 3.32. The van der Waals surface area contributed by atoms with Gasteiger partial charge >= 0.3 is 0 Å². The Bertz CT molecular complexity index is 247. The van der Waals surface area contributed by atoms with Crippen molar-refractivity contribution < 1.29 is 8.42 Å². The summed E-state index contributed by atoms with van der Waals surface area (Å²) in [4.78, 5) is 0. The maximum Gasteiger partial charge on any atom is 0.152 e. The van der Waals surface area contributed by atoms with Gasteiger partial charge in [-0.2, -0.15) is 0 Å². The average molecular weight is 221 g/mol. The molecule has 0 aromatic rings. The zero-order valence-electron chi connectivity index (χ0n) is 9.66. The van der Waals surface area contributed by atoms with Crippen LogP contribution in [0.25, 0.3) is 0 Å². The van der Waals surface area contributed by atoms with Gasteiger partial charge in [0.05, 0.1) is 11.5 Å². The second kappa shape index (κ2) is 5.71. The summed E-state index contributed by atoms with van der Waals surface area (Å²) in [7, 11) is -2.96. The summed E-state index contributed by atoms with van der Waals surface area (Å²) in [6.07, 6.45) is 0.899. The quantitative estimate of drug-likeness (QED) is 0.738. The molecule has 0 bridgehead atoms. The van der Waals surface area contributed by atoms with Gasteiger partial charge in [0.1, 0.15) is 0 Å². The highest BCUT2D eigenvalue weighted by Gasteiger charge is 2.20. The summed E-state index contributed by atoms with van der Waals surface area (Å²) in [5.41, 5.74) is 5.74. The minimum Gasteiger partial charge on any atom is -0.327 e. The molecule has 0 aliphatic rings. The molecule has 2 N–H and O–H groups in total. The standard InChI is InChI=1S/C10H23NO2S/c1-5-9(4)6-14(12,13)7-10(11)8(2)3/h8-10H,5-7,11H2,1-4H3. The third kappa shape index (κ3) is 5.60. The third-order valence-corrected chi connectivity index (χ3v) is 4.51. The summed E-state index contributed by atoms with van der Waals surface area (Å²) in [5.74, 6) is 0.847. The first kappa shape index (κ1) is 13.9. The van der Waals surface area contributed by atoms with Gasteiger partial charge in [-0.05, 0) is 11.8 Å². The molecule has 0 aromatic heterocycles. The molecular formula is C10H23NO2S. The predicted octanol–water partition coefficient (Wildman–Crippen LogP) is 1.43. The van der Waals surface area contributed by atoms with Gasteiger partial charge < -0.3 is 5.73 Å². The molecule has 2 atom stereocenters. The Morgan fingerprint density at radius 2 is 1.64 bits per heavy atom. The SMILES string of the molecule is CCC(C)CS(=O)(=O)CC(N)C(C)C. The minimum atomic E-state index is -2.96. The Hall–Kier alpha value is -0.0900. The topological polar surface area (TPSA) is 60.2 Å². The highest BCUT2D eigenvalue weighted by atomic mass is 32.2. The lowest BCUT2D eigenvalue weighted by Crippen LogP contribution is -2.36. The van der Waals surface area contributed by atoms with E-state index < -0.39 is 9.84 Å². The van der Waals surface area contributed by atoms with E-state index in [1.54, 1.807) is 0 Å². The molecular weight excluding hydrogens is 198 g/mol. The van der Waals surface area contributed by atoms with Crippen LogP contribution in [0, 0.1) is 11.8 Å². The van der Waals surface area contributed by atoms with Crippen LogP contribution in [0.1, 0.15) is 34.1 Å². The predicted molar refractivity (Wildman–Crippen MR) is 60.9 cm³/mol. The number of rotatable bonds is 6. The number of sulfone groups is 1. The number of hydrogen-bond donors (Lipinski definition) is 1. The molecule has 0 saturated carbocycles. The van der Waals surface area contributed by atoms with Gasteiger partial charge in [0.15, 0.2) is 9.84 Å². The third-order valence-electron chi connectivity index (χ3n) is 2.54. The van der Waals surface area contributed by atoms with Crippen molar-refractivity contribution in [2.45, 2.75) is 40.2 Å². The Balaban J connectivity index is 4.21. The number of nitrogens with two attached hydrogens (primary N) is 1. The van der Waals surface area contributed by atoms with Crippen LogP contribution in [0.15, 0.2) is 0 Å². The van der Waals surface area contributed by atoms with E-state index in [0.29, 0.717) is 0 Å². The summed E-state index contributed by atoms with van der Waals surface area (Å²) in [6, 6.07) is -0.232. The van der Waals surface area contributed by atoms with Crippen molar-refractivity contribution in [1.29, 1.82) is 0 Å². The van der Waals surface area contributed by atoms with Gasteiger partial charge in [-0.25, -0.2) is 8.42 Å². The van der Waals surface area contributed by atoms with Gasteiger partial charge in [0, 0.05) is 6.04 Å². The maximum atomic E-state index is 11.6. The van der Waals surface area contributed by atoms with Crippen molar-refractivity contribution in [3.63, 3.8) is 0 Å². The molecule has 0 rings (SSSR count). The van der Waals surface area contributed by atoms with Crippen molar-refractivity contribution >= 4 is 9.84 Å². The molecule has 0 radical (unpaired) electrons. The molecule has 14 heavy (non-hydrogen) atoms. The van der Waals surface area contributed by atoms with Crippen LogP contribution in [-0.4, -0.2) is 26.0 Å². The highest BCUT2D eigenvalue weighted by molar-refractivity contribution is 7.91. The molecule has 0 aliphatic heterocycles. The van der Waals surface area contributed by atoms with Crippen molar-refractivity contribution in [3.05, 3.63) is 0 Å². The van der Waals surface area contributed by atoms with Crippen molar-refractivity contribution in [2.24, 2.45) is 17.6 Å². The largest absolute Gasteiger partial charge is 0.327 e. The monoisotopic (exact) mass is 221 g/mol. The second-order valence-electron chi connectivity index (χ2n) is 4.50. The van der Waals surface area contributed by atoms with Crippen LogP contribution in [0.3, 0.4) is 0 Å². The first-order chi connectivity index (χ1) is 6.28. The smallest absolute Gasteiger partial charge is 0.152 e. The normalized spacial score (nSPS) is 17.0. The molecule has 0 aliphatic carbocycles. The van der Waals surface area contributed by atoms with E-state index in [2.05, 4.69) is 0 Å². The molecule has 3 nitrogen and oxygen atoms in total. The molecule has 0 saturated heterocycles. The first-order valence-electron chi connectivity index (χ1n) is 5.24. The van der Waals surface area contributed by atoms with Crippen LogP contribution in [0.5, 0.6) is 0 Å². The molecule has 86 valence electrons. The van der Waals surface area contributed by atoms with E-state index in [-0.39, 0.29) is 29.4 Å². The van der Waals surface area contributed by atoms with Crippen molar-refractivity contribution in [3.8, 4) is 0 Å². The van der Waals surface area contributed by atoms with Crippen molar-refractivity contribution in [2.75, 3.05) is 11.5 Å². The lowest BCUT2D eigenvalue weighted by atomic mass is 10.1. The van der Waals surface area contributed by atoms with Crippen LogP contribution < -0.4 is 5.73 Å². The molecule has 2 unspecified atom stereocenters. The molecule has 0 spiro atoms. The van der Waals surface area contributed by atoms with E-state index in [0.717, 1.165) is 6.42 Å². The van der Waals surface area contributed by atoms with Crippen LogP contribution in [-0.2, 0) is 9.84 Å². The fraction of sp³-hybridized carbons (Fsp3) is 1.00. The van der Waals surface area contributed by atoms with Gasteiger partial charge in [-0.15, -0.1) is 0 Å². The zero-order chi connectivity index (χ0) is 11.4. The van der Waals surface area contributed by atoms with Crippen molar-refractivity contribution in [1.82, 2.24) is 0 Å². The van der Waals surface area contributed by atoms with E-state index in [4.69, 9.17) is 5.73 Å². The first-order valence-corrected chi connectivity index (χ1v) is 7.06. The van der Waals surface area contributed by atoms with E-state index in [1.807, 2.05) is 27.7 Å². The number of hydrogen-bond acceptors (Lipinski definition) is 3. The molecule has 4 heteroatoms. The lowest BCUT2D eigenvalue weighted by Gasteiger charge is -2.17. The van der Waals surface area contributed by atoms with Crippen LogP contribution >= 0.6 is 0 Å². The van der Waals surface area contributed by atoms with Gasteiger partial charge in [-0.1, -0.05) is 34.1 Å². The maximum absolute atomic E-state index is 11.6. The average Bonchev–Trinajstić information content (AvgIpc) is 2.02. The minimum absolute atomic E-state index is 0.120. The molecule has 0 heterocycles. The van der Waals surface area contributed by atoms with E-state index in [1.165, 1.54) is 0 Å². The summed E-state index contributed by atoms with van der Waals surface area (Å²) in [6.45, 7) is 7.86. The summed E-state index contributed by atoms with van der Waals surface area (Å²) >= 11 is 0. The van der Waals surface area contributed by atoms with E-state index in [9.17, 15) is 8.42 Å². The Kier molecular flexibility index (Phi) is 5.67. The Morgan fingerprint density at radius 3 is 2.00 bits per heavy atom.